The molecule has 2 atom stereocenters. The molecule has 1 saturated heterocycles. The summed E-state index contributed by atoms with van der Waals surface area (Å²) in [6.45, 7) is 1.01. The number of alkyl halides is 1. The van der Waals surface area contributed by atoms with Gasteiger partial charge in [-0.2, -0.15) is 10.5 Å². The molecule has 0 radical (unpaired) electrons. The summed E-state index contributed by atoms with van der Waals surface area (Å²) in [6.07, 6.45) is 2.21. The molecule has 40 heavy (non-hydrogen) atoms. The van der Waals surface area contributed by atoms with E-state index in [0.29, 0.717) is 19.4 Å². The average molecular weight is 566 g/mol. The molecule has 4 amide bonds. The SMILES string of the molecule is CC1=C(C#N)[C@@H](c2ccc(C#N)cc2S(C)(=O)=O)N(C(=O)N2CCCC(CO)C2)C(=O)N1c1cccc(CF)c1. The Hall–Kier alpha value is -4.26. The molecule has 0 aromatic heterocycles. The number of nitrogens with zero attached hydrogens (tertiary/aromatic N) is 5. The van der Waals surface area contributed by atoms with Gasteiger partial charge in [-0.15, -0.1) is 0 Å². The van der Waals surface area contributed by atoms with E-state index in [1.54, 1.807) is 12.1 Å². The van der Waals surface area contributed by atoms with Crippen LogP contribution in [0.2, 0.25) is 0 Å². The average Bonchev–Trinajstić information content (AvgIpc) is 2.96. The summed E-state index contributed by atoms with van der Waals surface area (Å²) in [5.41, 5.74) is 0.639. The molecule has 0 bridgehead atoms. The van der Waals surface area contributed by atoms with Crippen molar-refractivity contribution in [3.05, 3.63) is 70.4 Å². The Morgan fingerprint density at radius 2 is 1.93 bits per heavy atom. The number of likely N-dealkylation sites (tertiary alicyclic amines) is 1. The van der Waals surface area contributed by atoms with Crippen LogP contribution in [-0.4, -0.2) is 61.3 Å². The predicted molar refractivity (Wildman–Crippen MR) is 143 cm³/mol. The number of carbonyl (C=O) groups is 2. The van der Waals surface area contributed by atoms with Gasteiger partial charge in [-0.25, -0.2) is 27.3 Å². The number of sulfone groups is 1. The van der Waals surface area contributed by atoms with Crippen molar-refractivity contribution in [2.24, 2.45) is 5.92 Å². The monoisotopic (exact) mass is 565 g/mol. The standard InChI is InChI=1S/C28H28FN5O5S/c1-18-24(15-31)26(23-9-8-20(14-30)12-25(23)40(2,38)39)34(27(36)32-10-4-6-21(16-32)17-35)28(37)33(18)22-7-3-5-19(11-22)13-29/h3,5,7-9,11-12,21,26,35H,4,6,10,13,16-17H2,1-2H3/t21?,26-/m1/s1. The van der Waals surface area contributed by atoms with Gasteiger partial charge in [0.15, 0.2) is 9.84 Å². The molecule has 10 nitrogen and oxygen atoms in total. The molecule has 2 aromatic rings. The number of hydrogen-bond acceptors (Lipinski definition) is 7. The maximum atomic E-state index is 14.2. The number of halogens is 1. The molecule has 2 heterocycles. The molecule has 1 fully saturated rings. The summed E-state index contributed by atoms with van der Waals surface area (Å²) in [6, 6.07) is 10.8. The molecule has 2 aliphatic rings. The number of nitriles is 2. The highest BCUT2D eigenvalue weighted by Gasteiger charge is 2.46. The van der Waals surface area contributed by atoms with Crippen LogP contribution in [0.4, 0.5) is 19.7 Å². The molecule has 1 N–H and O–H groups in total. The Labute approximate surface area is 232 Å². The number of benzene rings is 2. The third-order valence-electron chi connectivity index (χ3n) is 7.19. The van der Waals surface area contributed by atoms with E-state index in [0.717, 1.165) is 22.1 Å². The van der Waals surface area contributed by atoms with E-state index in [-0.39, 0.29) is 57.6 Å². The molecular weight excluding hydrogens is 537 g/mol. The molecule has 4 rings (SSSR count). The third-order valence-corrected chi connectivity index (χ3v) is 8.34. The summed E-state index contributed by atoms with van der Waals surface area (Å²) < 4.78 is 39.2. The largest absolute Gasteiger partial charge is 0.396 e. The van der Waals surface area contributed by atoms with Crippen molar-refractivity contribution in [1.82, 2.24) is 9.80 Å². The highest BCUT2D eigenvalue weighted by atomic mass is 32.2. The quantitative estimate of drug-likeness (QED) is 0.576. The number of aliphatic hydroxyl groups excluding tert-OH is 1. The van der Waals surface area contributed by atoms with Crippen molar-refractivity contribution in [3.8, 4) is 12.1 Å². The normalized spacial score (nSPS) is 19.9. The summed E-state index contributed by atoms with van der Waals surface area (Å²) in [5, 5.41) is 29.4. The fraction of sp³-hybridized carbons (Fsp3) is 0.357. The van der Waals surface area contributed by atoms with Crippen LogP contribution in [0.5, 0.6) is 0 Å². The number of urea groups is 2. The topological polar surface area (TPSA) is 146 Å². The van der Waals surface area contributed by atoms with E-state index in [9.17, 15) is 38.0 Å². The Balaban J connectivity index is 1.98. The minimum absolute atomic E-state index is 0.00743. The van der Waals surface area contributed by atoms with E-state index >= 15 is 0 Å². The minimum atomic E-state index is -3.98. The number of carbonyl (C=O) groups excluding carboxylic acids is 2. The Morgan fingerprint density at radius 1 is 1.18 bits per heavy atom. The molecular formula is C28H28FN5O5S. The molecule has 1 unspecified atom stereocenters. The lowest BCUT2D eigenvalue weighted by atomic mass is 9.92. The number of piperidine rings is 1. The van der Waals surface area contributed by atoms with Crippen molar-refractivity contribution in [2.75, 3.05) is 30.9 Å². The smallest absolute Gasteiger partial charge is 0.337 e. The molecule has 208 valence electrons. The lowest BCUT2D eigenvalue weighted by Gasteiger charge is -2.44. The van der Waals surface area contributed by atoms with Crippen LogP contribution in [0.15, 0.2) is 58.6 Å². The van der Waals surface area contributed by atoms with Crippen LogP contribution in [0.1, 0.15) is 42.5 Å². The van der Waals surface area contributed by atoms with Crippen LogP contribution in [0.3, 0.4) is 0 Å². The number of anilines is 1. The van der Waals surface area contributed by atoms with Gasteiger partial charge in [-0.1, -0.05) is 18.2 Å². The number of rotatable bonds is 5. The van der Waals surface area contributed by atoms with Gasteiger partial charge >= 0.3 is 12.1 Å². The zero-order valence-corrected chi connectivity index (χ0v) is 22.9. The Bertz CT molecular complexity index is 1580. The summed E-state index contributed by atoms with van der Waals surface area (Å²) in [4.78, 5) is 31.4. The Morgan fingerprint density at radius 3 is 2.55 bits per heavy atom. The van der Waals surface area contributed by atoms with Crippen LogP contribution < -0.4 is 4.90 Å². The van der Waals surface area contributed by atoms with Gasteiger partial charge in [0.05, 0.1) is 33.9 Å². The molecule has 2 aliphatic heterocycles. The van der Waals surface area contributed by atoms with E-state index in [2.05, 4.69) is 6.07 Å². The van der Waals surface area contributed by atoms with Crippen molar-refractivity contribution >= 4 is 27.6 Å². The first-order valence-corrected chi connectivity index (χ1v) is 14.5. The van der Waals surface area contributed by atoms with E-state index in [1.807, 2.05) is 6.07 Å². The number of aliphatic hydroxyl groups is 1. The van der Waals surface area contributed by atoms with Gasteiger partial charge in [-0.05, 0) is 61.1 Å². The van der Waals surface area contributed by atoms with Gasteiger partial charge in [-0.3, -0.25) is 4.90 Å². The summed E-state index contributed by atoms with van der Waals surface area (Å²) >= 11 is 0. The highest BCUT2D eigenvalue weighted by molar-refractivity contribution is 7.90. The Kier molecular flexibility index (Phi) is 8.24. The van der Waals surface area contributed by atoms with Gasteiger partial charge < -0.3 is 10.0 Å². The van der Waals surface area contributed by atoms with Gasteiger partial charge in [0.1, 0.15) is 12.7 Å². The fourth-order valence-electron chi connectivity index (χ4n) is 5.21. The third kappa shape index (κ3) is 5.28. The lowest BCUT2D eigenvalue weighted by molar-refractivity contribution is 0.106. The molecule has 2 aromatic carbocycles. The second-order valence-corrected chi connectivity index (χ2v) is 11.8. The first-order chi connectivity index (χ1) is 19.0. The molecule has 0 aliphatic carbocycles. The zero-order chi connectivity index (χ0) is 29.2. The first-order valence-electron chi connectivity index (χ1n) is 12.6. The number of allylic oxidation sites excluding steroid dienone is 1. The van der Waals surface area contributed by atoms with E-state index < -0.39 is 34.6 Å². The van der Waals surface area contributed by atoms with Crippen LogP contribution in [-0.2, 0) is 16.5 Å². The molecule has 0 spiro atoms. The van der Waals surface area contributed by atoms with Crippen LogP contribution >= 0.6 is 0 Å². The lowest BCUT2D eigenvalue weighted by Crippen LogP contribution is -2.57. The fourth-order valence-corrected chi connectivity index (χ4v) is 6.16. The van der Waals surface area contributed by atoms with Crippen molar-refractivity contribution in [3.63, 3.8) is 0 Å². The van der Waals surface area contributed by atoms with Crippen molar-refractivity contribution in [2.45, 2.75) is 37.4 Å². The van der Waals surface area contributed by atoms with E-state index in [1.165, 1.54) is 36.1 Å². The number of hydrogen-bond donors (Lipinski definition) is 1. The first kappa shape index (κ1) is 28.7. The van der Waals surface area contributed by atoms with Gasteiger partial charge in [0.25, 0.3) is 0 Å². The highest BCUT2D eigenvalue weighted by Crippen LogP contribution is 2.42. The summed E-state index contributed by atoms with van der Waals surface area (Å²) in [5.74, 6) is -0.206. The van der Waals surface area contributed by atoms with Gasteiger partial charge in [0, 0.05) is 31.6 Å². The predicted octanol–water partition coefficient (Wildman–Crippen LogP) is 4.04. The second kappa shape index (κ2) is 11.5. The number of imide groups is 1. The molecule has 0 saturated carbocycles. The summed E-state index contributed by atoms with van der Waals surface area (Å²) in [7, 11) is -3.98. The van der Waals surface area contributed by atoms with Crippen molar-refractivity contribution < 1.29 is 27.5 Å². The van der Waals surface area contributed by atoms with Gasteiger partial charge in [0.2, 0.25) is 0 Å². The van der Waals surface area contributed by atoms with Crippen LogP contribution in [0.25, 0.3) is 0 Å². The van der Waals surface area contributed by atoms with E-state index in [4.69, 9.17) is 0 Å². The maximum absolute atomic E-state index is 14.2. The zero-order valence-electron chi connectivity index (χ0n) is 22.0. The number of amides is 4. The maximum Gasteiger partial charge on any atom is 0.337 e. The van der Waals surface area contributed by atoms with Crippen molar-refractivity contribution in [1.29, 1.82) is 10.5 Å². The second-order valence-electron chi connectivity index (χ2n) is 9.86. The van der Waals surface area contributed by atoms with Crippen LogP contribution in [0, 0.1) is 28.6 Å². The molecule has 12 heteroatoms. The minimum Gasteiger partial charge on any atom is -0.396 e.